The lowest BCUT2D eigenvalue weighted by Crippen LogP contribution is -2.41. The highest BCUT2D eigenvalue weighted by molar-refractivity contribution is 5.80. The van der Waals surface area contributed by atoms with Crippen LogP contribution in [0.2, 0.25) is 0 Å². The monoisotopic (exact) mass is 279 g/mol. The minimum atomic E-state index is -0.539. The van der Waals surface area contributed by atoms with Crippen molar-refractivity contribution in [2.45, 2.75) is 40.2 Å². The van der Waals surface area contributed by atoms with Gasteiger partial charge in [0.25, 0.3) is 5.91 Å². The predicted molar refractivity (Wildman–Crippen MR) is 79.8 cm³/mol. The number of aliphatic hydroxyl groups excluding tert-OH is 1. The Morgan fingerprint density at radius 3 is 2.50 bits per heavy atom. The van der Waals surface area contributed by atoms with Crippen molar-refractivity contribution in [2.75, 3.05) is 13.2 Å². The second kappa shape index (κ2) is 7.29. The Bertz CT molecular complexity index is 426. The van der Waals surface area contributed by atoms with Crippen LogP contribution < -0.4 is 10.1 Å². The van der Waals surface area contributed by atoms with Crippen molar-refractivity contribution in [3.8, 4) is 5.75 Å². The van der Waals surface area contributed by atoms with E-state index in [1.54, 1.807) is 6.92 Å². The summed E-state index contributed by atoms with van der Waals surface area (Å²) in [5.41, 5.74) is 1.04. The van der Waals surface area contributed by atoms with Crippen molar-refractivity contribution in [3.63, 3.8) is 0 Å². The van der Waals surface area contributed by atoms with Crippen LogP contribution in [-0.2, 0) is 4.79 Å². The third-order valence-electron chi connectivity index (χ3n) is 3.23. The van der Waals surface area contributed by atoms with Crippen LogP contribution in [0.5, 0.6) is 5.75 Å². The van der Waals surface area contributed by atoms with Gasteiger partial charge in [-0.25, -0.2) is 0 Å². The molecule has 0 saturated heterocycles. The summed E-state index contributed by atoms with van der Waals surface area (Å²) in [4.78, 5) is 12.0. The Morgan fingerprint density at radius 1 is 1.35 bits per heavy atom. The number of ether oxygens (including phenoxy) is 1. The molecule has 1 aromatic rings. The molecule has 0 saturated carbocycles. The van der Waals surface area contributed by atoms with Crippen molar-refractivity contribution in [1.82, 2.24) is 5.32 Å². The van der Waals surface area contributed by atoms with Crippen LogP contribution in [0.15, 0.2) is 24.3 Å². The fourth-order valence-corrected chi connectivity index (χ4v) is 1.74. The van der Waals surface area contributed by atoms with Gasteiger partial charge in [-0.3, -0.25) is 4.79 Å². The fourth-order valence-electron chi connectivity index (χ4n) is 1.74. The number of carbonyl (C=O) groups is 1. The van der Waals surface area contributed by atoms with Gasteiger partial charge in [0.1, 0.15) is 5.75 Å². The predicted octanol–water partition coefficient (Wildman–Crippen LogP) is 2.29. The van der Waals surface area contributed by atoms with Crippen LogP contribution in [0.3, 0.4) is 0 Å². The molecule has 0 spiro atoms. The lowest BCUT2D eigenvalue weighted by atomic mass is 9.90. The van der Waals surface area contributed by atoms with Gasteiger partial charge in [0.2, 0.25) is 0 Å². The molecule has 0 bridgehead atoms. The number of carbonyl (C=O) groups excluding carboxylic acids is 1. The third-order valence-corrected chi connectivity index (χ3v) is 3.23. The first-order valence-electron chi connectivity index (χ1n) is 6.96. The highest BCUT2D eigenvalue weighted by Crippen LogP contribution is 2.18. The standard InChI is InChI=1S/C16H25NO3/c1-12-5-7-14(8-6-12)20-13(2)15(19)17-11-16(3,4)9-10-18/h5-8,13,18H,9-11H2,1-4H3,(H,17,19). The molecular weight excluding hydrogens is 254 g/mol. The van der Waals surface area contributed by atoms with Crippen LogP contribution in [0.4, 0.5) is 0 Å². The van der Waals surface area contributed by atoms with Gasteiger partial charge in [0.15, 0.2) is 6.10 Å². The molecule has 4 heteroatoms. The van der Waals surface area contributed by atoms with E-state index in [2.05, 4.69) is 5.32 Å². The third kappa shape index (κ3) is 5.61. The van der Waals surface area contributed by atoms with Crippen LogP contribution in [-0.4, -0.2) is 30.3 Å². The van der Waals surface area contributed by atoms with Crippen molar-refractivity contribution >= 4 is 5.91 Å². The summed E-state index contributed by atoms with van der Waals surface area (Å²) in [5, 5.41) is 11.8. The minimum Gasteiger partial charge on any atom is -0.481 e. The van der Waals surface area contributed by atoms with E-state index in [4.69, 9.17) is 9.84 Å². The van der Waals surface area contributed by atoms with E-state index in [0.717, 1.165) is 5.56 Å². The average molecular weight is 279 g/mol. The molecule has 1 rings (SSSR count). The van der Waals surface area contributed by atoms with Gasteiger partial charge in [0, 0.05) is 13.2 Å². The molecule has 0 aliphatic rings. The van der Waals surface area contributed by atoms with Gasteiger partial charge in [-0.2, -0.15) is 0 Å². The first kappa shape index (κ1) is 16.5. The number of amides is 1. The first-order valence-corrected chi connectivity index (χ1v) is 6.96. The van der Waals surface area contributed by atoms with E-state index < -0.39 is 6.10 Å². The van der Waals surface area contributed by atoms with Crippen molar-refractivity contribution < 1.29 is 14.6 Å². The van der Waals surface area contributed by atoms with E-state index >= 15 is 0 Å². The van der Waals surface area contributed by atoms with E-state index in [-0.39, 0.29) is 17.9 Å². The topological polar surface area (TPSA) is 58.6 Å². The number of hydrogen-bond acceptors (Lipinski definition) is 3. The molecule has 112 valence electrons. The zero-order valence-corrected chi connectivity index (χ0v) is 12.8. The van der Waals surface area contributed by atoms with Crippen LogP contribution in [0.25, 0.3) is 0 Å². The highest BCUT2D eigenvalue weighted by Gasteiger charge is 2.21. The molecule has 0 aromatic heterocycles. The van der Waals surface area contributed by atoms with Gasteiger partial charge in [-0.1, -0.05) is 31.5 Å². The summed E-state index contributed by atoms with van der Waals surface area (Å²) in [5.74, 6) is 0.546. The second-order valence-corrected chi connectivity index (χ2v) is 5.93. The van der Waals surface area contributed by atoms with Crippen molar-refractivity contribution in [1.29, 1.82) is 0 Å². The smallest absolute Gasteiger partial charge is 0.260 e. The van der Waals surface area contributed by atoms with E-state index in [0.29, 0.717) is 18.7 Å². The Labute approximate surface area is 121 Å². The van der Waals surface area contributed by atoms with Crippen molar-refractivity contribution in [3.05, 3.63) is 29.8 Å². The Hall–Kier alpha value is -1.55. The van der Waals surface area contributed by atoms with Crippen molar-refractivity contribution in [2.24, 2.45) is 5.41 Å². The summed E-state index contributed by atoms with van der Waals surface area (Å²) in [6.07, 6.45) is 0.114. The maximum Gasteiger partial charge on any atom is 0.260 e. The zero-order chi connectivity index (χ0) is 15.2. The number of nitrogens with one attached hydrogen (secondary N) is 1. The van der Waals surface area contributed by atoms with Gasteiger partial charge < -0.3 is 15.2 Å². The number of hydrogen-bond donors (Lipinski definition) is 2. The van der Waals surface area contributed by atoms with E-state index in [1.807, 2.05) is 45.0 Å². The molecule has 0 aliphatic carbocycles. The second-order valence-electron chi connectivity index (χ2n) is 5.93. The molecule has 0 fully saturated rings. The highest BCUT2D eigenvalue weighted by atomic mass is 16.5. The Balaban J connectivity index is 2.45. The molecule has 0 aliphatic heterocycles. The van der Waals surface area contributed by atoms with Crippen LogP contribution >= 0.6 is 0 Å². The summed E-state index contributed by atoms with van der Waals surface area (Å²) >= 11 is 0. The lowest BCUT2D eigenvalue weighted by Gasteiger charge is -2.25. The van der Waals surface area contributed by atoms with Gasteiger partial charge in [0.05, 0.1) is 0 Å². The van der Waals surface area contributed by atoms with Gasteiger partial charge in [-0.15, -0.1) is 0 Å². The van der Waals surface area contributed by atoms with E-state index in [9.17, 15) is 4.79 Å². The normalized spacial score (nSPS) is 12.8. The zero-order valence-electron chi connectivity index (χ0n) is 12.8. The number of rotatable bonds is 7. The van der Waals surface area contributed by atoms with Gasteiger partial charge in [-0.05, 0) is 37.8 Å². The average Bonchev–Trinajstić information content (AvgIpc) is 2.38. The molecule has 1 amide bonds. The molecular formula is C16H25NO3. The summed E-state index contributed by atoms with van der Waals surface area (Å²) in [6.45, 7) is 8.40. The quantitative estimate of drug-likeness (QED) is 0.805. The molecule has 1 aromatic carbocycles. The molecule has 1 atom stereocenters. The molecule has 0 heterocycles. The van der Waals surface area contributed by atoms with Gasteiger partial charge >= 0.3 is 0 Å². The molecule has 2 N–H and O–H groups in total. The van der Waals surface area contributed by atoms with Crippen LogP contribution in [0, 0.1) is 12.3 Å². The molecule has 0 radical (unpaired) electrons. The first-order chi connectivity index (χ1) is 9.34. The minimum absolute atomic E-state index is 0.117. The maximum absolute atomic E-state index is 12.0. The summed E-state index contributed by atoms with van der Waals surface area (Å²) < 4.78 is 5.59. The van der Waals surface area contributed by atoms with Crippen LogP contribution in [0.1, 0.15) is 32.8 Å². The molecule has 4 nitrogen and oxygen atoms in total. The lowest BCUT2D eigenvalue weighted by molar-refractivity contribution is -0.127. The SMILES string of the molecule is Cc1ccc(OC(C)C(=O)NCC(C)(C)CCO)cc1. The summed E-state index contributed by atoms with van der Waals surface area (Å²) in [7, 11) is 0. The number of aliphatic hydroxyl groups is 1. The van der Waals surface area contributed by atoms with E-state index in [1.165, 1.54) is 0 Å². The Kier molecular flexibility index (Phi) is 6.02. The summed E-state index contributed by atoms with van der Waals surface area (Å²) in [6, 6.07) is 7.61. The Morgan fingerprint density at radius 2 is 1.95 bits per heavy atom. The number of aryl methyl sites for hydroxylation is 1. The fraction of sp³-hybridized carbons (Fsp3) is 0.562. The maximum atomic E-state index is 12.0. The largest absolute Gasteiger partial charge is 0.481 e. The molecule has 20 heavy (non-hydrogen) atoms. The number of benzene rings is 1. The molecule has 1 unspecified atom stereocenters.